The first-order valence-corrected chi connectivity index (χ1v) is 7.52. The molecule has 1 aliphatic heterocycles. The van der Waals surface area contributed by atoms with Gasteiger partial charge in [-0.15, -0.1) is 0 Å². The standard InChI is InChI=1S/C17H14ClN3O/c1-20-6-4-12-9-19-10-15(16(12)20)21-7-5-11-8-13(18)2-3-14(11)17(21)22/h2-4,6,8-10H,5,7H2,1H3. The number of benzene rings is 1. The lowest BCUT2D eigenvalue weighted by atomic mass is 9.98. The van der Waals surface area contributed by atoms with E-state index in [2.05, 4.69) is 4.98 Å². The molecule has 5 heteroatoms. The van der Waals surface area contributed by atoms with Gasteiger partial charge in [0.15, 0.2) is 0 Å². The molecular formula is C17H14ClN3O. The third kappa shape index (κ3) is 1.91. The van der Waals surface area contributed by atoms with Gasteiger partial charge in [0.2, 0.25) is 0 Å². The van der Waals surface area contributed by atoms with Crippen LogP contribution in [0.25, 0.3) is 10.9 Å². The fraction of sp³-hybridized carbons (Fsp3) is 0.176. The number of anilines is 1. The van der Waals surface area contributed by atoms with Gasteiger partial charge in [0.25, 0.3) is 5.91 Å². The van der Waals surface area contributed by atoms with Crippen LogP contribution in [0.1, 0.15) is 15.9 Å². The van der Waals surface area contributed by atoms with Crippen molar-refractivity contribution < 1.29 is 4.79 Å². The number of hydrogen-bond donors (Lipinski definition) is 0. The van der Waals surface area contributed by atoms with Gasteiger partial charge in [0, 0.05) is 42.0 Å². The zero-order valence-electron chi connectivity index (χ0n) is 12.1. The van der Waals surface area contributed by atoms with Crippen molar-refractivity contribution in [2.24, 2.45) is 7.05 Å². The van der Waals surface area contributed by atoms with Crippen LogP contribution in [0.4, 0.5) is 5.69 Å². The molecule has 0 saturated heterocycles. The number of carbonyl (C=O) groups is 1. The molecule has 0 radical (unpaired) electrons. The van der Waals surface area contributed by atoms with Crippen LogP contribution in [0.3, 0.4) is 0 Å². The first-order chi connectivity index (χ1) is 10.6. The lowest BCUT2D eigenvalue weighted by molar-refractivity contribution is 0.0981. The van der Waals surface area contributed by atoms with Crippen LogP contribution in [0.2, 0.25) is 5.02 Å². The maximum absolute atomic E-state index is 12.9. The number of rotatable bonds is 1. The predicted molar refractivity (Wildman–Crippen MR) is 87.5 cm³/mol. The maximum Gasteiger partial charge on any atom is 0.258 e. The highest BCUT2D eigenvalue weighted by Gasteiger charge is 2.27. The number of aromatic nitrogens is 2. The van der Waals surface area contributed by atoms with Crippen molar-refractivity contribution >= 4 is 34.1 Å². The average molecular weight is 312 g/mol. The maximum atomic E-state index is 12.9. The topological polar surface area (TPSA) is 38.1 Å². The van der Waals surface area contributed by atoms with E-state index in [4.69, 9.17) is 11.6 Å². The average Bonchev–Trinajstić information content (AvgIpc) is 2.89. The van der Waals surface area contributed by atoms with Crippen molar-refractivity contribution in [3.05, 3.63) is 59.0 Å². The Kier molecular flexibility index (Phi) is 2.94. The Bertz CT molecular complexity index is 900. The molecule has 110 valence electrons. The number of hydrogen-bond acceptors (Lipinski definition) is 2. The van der Waals surface area contributed by atoms with Gasteiger partial charge in [-0.2, -0.15) is 0 Å². The van der Waals surface area contributed by atoms with Gasteiger partial charge in [-0.25, -0.2) is 0 Å². The highest BCUT2D eigenvalue weighted by Crippen LogP contribution is 2.31. The number of nitrogens with zero attached hydrogens (tertiary/aromatic N) is 3. The van der Waals surface area contributed by atoms with Crippen LogP contribution in [-0.4, -0.2) is 22.0 Å². The molecule has 1 amide bonds. The quantitative estimate of drug-likeness (QED) is 0.690. The third-order valence-electron chi connectivity index (χ3n) is 4.20. The second kappa shape index (κ2) is 4.85. The van der Waals surface area contributed by atoms with Gasteiger partial charge in [0.05, 0.1) is 17.4 Å². The third-order valence-corrected chi connectivity index (χ3v) is 4.43. The molecule has 4 nitrogen and oxygen atoms in total. The Balaban J connectivity index is 1.85. The molecule has 3 aromatic rings. The summed E-state index contributed by atoms with van der Waals surface area (Å²) in [4.78, 5) is 18.9. The number of amides is 1. The van der Waals surface area contributed by atoms with E-state index < -0.39 is 0 Å². The van der Waals surface area contributed by atoms with Crippen LogP contribution in [0, 0.1) is 0 Å². The van der Waals surface area contributed by atoms with Crippen LogP contribution in [0.5, 0.6) is 0 Å². The van der Waals surface area contributed by atoms with Crippen molar-refractivity contribution in [3.63, 3.8) is 0 Å². The monoisotopic (exact) mass is 311 g/mol. The summed E-state index contributed by atoms with van der Waals surface area (Å²) in [5.74, 6) is 0.00779. The summed E-state index contributed by atoms with van der Waals surface area (Å²) >= 11 is 6.02. The van der Waals surface area contributed by atoms with E-state index >= 15 is 0 Å². The van der Waals surface area contributed by atoms with Crippen molar-refractivity contribution in [1.29, 1.82) is 0 Å². The molecule has 22 heavy (non-hydrogen) atoms. The zero-order valence-corrected chi connectivity index (χ0v) is 12.8. The highest BCUT2D eigenvalue weighted by molar-refractivity contribution is 6.30. The van der Waals surface area contributed by atoms with Crippen molar-refractivity contribution in [2.45, 2.75) is 6.42 Å². The molecule has 0 unspecified atom stereocenters. The minimum atomic E-state index is 0.00779. The van der Waals surface area contributed by atoms with Crippen molar-refractivity contribution in [2.75, 3.05) is 11.4 Å². The summed E-state index contributed by atoms with van der Waals surface area (Å²) in [6, 6.07) is 7.47. The van der Waals surface area contributed by atoms with Crippen molar-refractivity contribution in [1.82, 2.24) is 9.55 Å². The molecule has 2 aromatic heterocycles. The number of pyridine rings is 1. The fourth-order valence-electron chi connectivity index (χ4n) is 3.12. The van der Waals surface area contributed by atoms with Crippen LogP contribution in [0.15, 0.2) is 42.9 Å². The molecule has 0 fully saturated rings. The highest BCUT2D eigenvalue weighted by atomic mass is 35.5. The lowest BCUT2D eigenvalue weighted by Crippen LogP contribution is -2.38. The minimum absolute atomic E-state index is 0.00779. The Morgan fingerprint density at radius 2 is 2.09 bits per heavy atom. The summed E-state index contributed by atoms with van der Waals surface area (Å²) < 4.78 is 2.02. The van der Waals surface area contributed by atoms with E-state index in [0.717, 1.165) is 34.1 Å². The van der Waals surface area contributed by atoms with Gasteiger partial charge in [-0.1, -0.05) is 11.6 Å². The number of fused-ring (bicyclic) bond motifs is 2. The summed E-state index contributed by atoms with van der Waals surface area (Å²) in [6.07, 6.45) is 6.36. The summed E-state index contributed by atoms with van der Waals surface area (Å²) in [5, 5.41) is 1.71. The van der Waals surface area contributed by atoms with Gasteiger partial charge in [-0.3, -0.25) is 9.78 Å². The molecule has 0 saturated carbocycles. The molecule has 0 aliphatic carbocycles. The number of aryl methyl sites for hydroxylation is 1. The Morgan fingerprint density at radius 3 is 2.95 bits per heavy atom. The molecular weight excluding hydrogens is 298 g/mol. The van der Waals surface area contributed by atoms with E-state index in [1.165, 1.54) is 0 Å². The molecule has 3 heterocycles. The van der Waals surface area contributed by atoms with Crippen LogP contribution in [-0.2, 0) is 13.5 Å². The van der Waals surface area contributed by atoms with E-state index in [9.17, 15) is 4.79 Å². The van der Waals surface area contributed by atoms with Crippen LogP contribution < -0.4 is 4.90 Å². The molecule has 0 spiro atoms. The number of halogens is 1. The Labute approximate surface area is 132 Å². The number of carbonyl (C=O) groups excluding carboxylic acids is 1. The summed E-state index contributed by atoms with van der Waals surface area (Å²) in [6.45, 7) is 0.637. The van der Waals surface area contributed by atoms with E-state index in [1.807, 2.05) is 47.1 Å². The van der Waals surface area contributed by atoms with Gasteiger partial charge >= 0.3 is 0 Å². The first-order valence-electron chi connectivity index (χ1n) is 7.14. The second-order valence-corrected chi connectivity index (χ2v) is 5.97. The van der Waals surface area contributed by atoms with E-state index in [1.54, 1.807) is 12.3 Å². The molecule has 4 rings (SSSR count). The summed E-state index contributed by atoms with van der Waals surface area (Å²) in [5.41, 5.74) is 3.62. The van der Waals surface area contributed by atoms with E-state index in [0.29, 0.717) is 11.6 Å². The SMILES string of the molecule is Cn1ccc2cncc(N3CCc4cc(Cl)ccc4C3=O)c21. The van der Waals surface area contributed by atoms with Gasteiger partial charge < -0.3 is 9.47 Å². The molecule has 1 aromatic carbocycles. The molecule has 0 atom stereocenters. The van der Waals surface area contributed by atoms with Crippen molar-refractivity contribution in [3.8, 4) is 0 Å². The molecule has 0 bridgehead atoms. The van der Waals surface area contributed by atoms with Crippen LogP contribution >= 0.6 is 11.6 Å². The zero-order chi connectivity index (χ0) is 15.3. The van der Waals surface area contributed by atoms with E-state index in [-0.39, 0.29) is 5.91 Å². The lowest BCUT2D eigenvalue weighted by Gasteiger charge is -2.29. The summed E-state index contributed by atoms with van der Waals surface area (Å²) in [7, 11) is 1.98. The van der Waals surface area contributed by atoms with Gasteiger partial charge in [0.1, 0.15) is 0 Å². The molecule has 0 N–H and O–H groups in total. The van der Waals surface area contributed by atoms with Gasteiger partial charge in [-0.05, 0) is 36.2 Å². The fourth-order valence-corrected chi connectivity index (χ4v) is 3.31. The minimum Gasteiger partial charge on any atom is -0.349 e. The Hall–Kier alpha value is -2.33. The smallest absolute Gasteiger partial charge is 0.258 e. The normalized spacial score (nSPS) is 14.5. The predicted octanol–water partition coefficient (Wildman–Crippen LogP) is 3.43. The first kappa shape index (κ1) is 13.3. The Morgan fingerprint density at radius 1 is 1.23 bits per heavy atom. The molecule has 1 aliphatic rings. The largest absolute Gasteiger partial charge is 0.349 e. The second-order valence-electron chi connectivity index (χ2n) is 5.53.